The number of nitrogens with zero attached hydrogens (tertiary/aromatic N) is 3. The Hall–Kier alpha value is -2.92. The van der Waals surface area contributed by atoms with Crippen LogP contribution in [0.1, 0.15) is 69.6 Å². The molecule has 1 saturated heterocycles. The minimum Gasteiger partial charge on any atom is -0.368 e. The van der Waals surface area contributed by atoms with Gasteiger partial charge in [0.15, 0.2) is 0 Å². The Kier molecular flexibility index (Phi) is 7.84. The van der Waals surface area contributed by atoms with E-state index in [1.807, 2.05) is 6.92 Å². The average Bonchev–Trinajstić information content (AvgIpc) is 2.83. The number of hydrogen-bond acceptors (Lipinski definition) is 5. The molecule has 3 heterocycles. The summed E-state index contributed by atoms with van der Waals surface area (Å²) >= 11 is 0. The molecule has 0 aromatic heterocycles. The Balaban J connectivity index is 0.000000636. The maximum Gasteiger partial charge on any atom is 0.137 e. The van der Waals surface area contributed by atoms with Gasteiger partial charge in [-0.1, -0.05) is 38.8 Å². The van der Waals surface area contributed by atoms with Gasteiger partial charge in [-0.3, -0.25) is 4.90 Å². The molecule has 0 radical (unpaired) electrons. The largest absolute Gasteiger partial charge is 0.368 e. The van der Waals surface area contributed by atoms with Gasteiger partial charge in [0.1, 0.15) is 5.84 Å². The highest BCUT2D eigenvalue weighted by Gasteiger charge is 2.28. The summed E-state index contributed by atoms with van der Waals surface area (Å²) in [4.78, 5) is 9.75. The lowest BCUT2D eigenvalue weighted by atomic mass is 9.88. The van der Waals surface area contributed by atoms with Gasteiger partial charge < -0.3 is 15.6 Å². The molecule has 5 rings (SSSR count). The van der Waals surface area contributed by atoms with Crippen LogP contribution in [0.25, 0.3) is 5.70 Å². The summed E-state index contributed by atoms with van der Waals surface area (Å²) in [6.45, 7) is 11.7. The Morgan fingerprint density at radius 2 is 1.97 bits per heavy atom. The molecule has 0 bridgehead atoms. The summed E-state index contributed by atoms with van der Waals surface area (Å²) in [6.07, 6.45) is 16.5. The normalized spacial score (nSPS) is 21.5. The fourth-order valence-electron chi connectivity index (χ4n) is 4.46. The second-order valence-electron chi connectivity index (χ2n) is 9.62. The molecule has 2 N–H and O–H groups in total. The zero-order chi connectivity index (χ0) is 24.1. The number of rotatable bonds is 4. The molecule has 1 aliphatic carbocycles. The summed E-state index contributed by atoms with van der Waals surface area (Å²) in [6, 6.07) is 6.78. The standard InChI is InChI=1S/C25H29N5.C4H10/c1-17-6-7-20(12-21(17)14-26)23-13-24(19-4-3-5-19)30-16-22(8-9-25(30)28-23)29-11-10-27-18(2)15-29;1-3-4-2/h6-9,12-14,16,18,26-27H,3-5,10-11,15H2,1-2H3;3-4H2,1-2H3. The van der Waals surface area contributed by atoms with Gasteiger partial charge in [0, 0.05) is 49.4 Å². The Morgan fingerprint density at radius 1 is 1.18 bits per heavy atom. The number of unbranched alkanes of at least 4 members (excludes halogenated alkanes) is 1. The van der Waals surface area contributed by atoms with Crippen LogP contribution in [0.5, 0.6) is 0 Å². The van der Waals surface area contributed by atoms with Crippen LogP contribution in [0.15, 0.2) is 64.6 Å². The van der Waals surface area contributed by atoms with E-state index in [9.17, 15) is 0 Å². The lowest BCUT2D eigenvalue weighted by Gasteiger charge is -2.38. The molecule has 0 amide bonds. The lowest BCUT2D eigenvalue weighted by molar-refractivity contribution is 0.259. The molecule has 5 nitrogen and oxygen atoms in total. The molecule has 1 aromatic carbocycles. The fourth-order valence-corrected chi connectivity index (χ4v) is 4.46. The van der Waals surface area contributed by atoms with Crippen molar-refractivity contribution in [3.63, 3.8) is 0 Å². The number of benzene rings is 1. The van der Waals surface area contributed by atoms with E-state index in [0.29, 0.717) is 6.04 Å². The van der Waals surface area contributed by atoms with Crippen LogP contribution in [-0.4, -0.2) is 47.5 Å². The number of amidine groups is 1. The van der Waals surface area contributed by atoms with E-state index in [-0.39, 0.29) is 0 Å². The number of nitrogens with one attached hydrogen (secondary N) is 2. The van der Waals surface area contributed by atoms with Gasteiger partial charge in [-0.2, -0.15) is 0 Å². The molecule has 3 aliphatic heterocycles. The molecule has 0 spiro atoms. The first-order chi connectivity index (χ1) is 16.5. The lowest BCUT2D eigenvalue weighted by Crippen LogP contribution is -2.49. The third-order valence-corrected chi connectivity index (χ3v) is 6.96. The van der Waals surface area contributed by atoms with Crippen molar-refractivity contribution >= 4 is 17.7 Å². The van der Waals surface area contributed by atoms with Crippen molar-refractivity contribution in [2.75, 3.05) is 19.6 Å². The molecule has 1 unspecified atom stereocenters. The van der Waals surface area contributed by atoms with E-state index in [4.69, 9.17) is 10.4 Å². The predicted molar refractivity (Wildman–Crippen MR) is 144 cm³/mol. The Labute approximate surface area is 205 Å². The zero-order valence-corrected chi connectivity index (χ0v) is 21.2. The fraction of sp³-hybridized carbons (Fsp3) is 0.448. The highest BCUT2D eigenvalue weighted by molar-refractivity contribution is 6.02. The highest BCUT2D eigenvalue weighted by Crippen LogP contribution is 2.37. The average molecular weight is 458 g/mol. The number of aliphatic imine (C=N–C) groups is 1. The van der Waals surface area contributed by atoms with E-state index in [2.05, 4.69) is 78.5 Å². The van der Waals surface area contributed by atoms with Crippen molar-refractivity contribution in [2.24, 2.45) is 4.99 Å². The first-order valence-corrected chi connectivity index (χ1v) is 12.8. The third-order valence-electron chi connectivity index (χ3n) is 6.96. The maximum atomic E-state index is 7.70. The molecule has 1 saturated carbocycles. The maximum absolute atomic E-state index is 7.70. The van der Waals surface area contributed by atoms with Crippen LogP contribution < -0.4 is 5.32 Å². The SMILES string of the molecule is CCCC.Cc1ccc(C2=CC(=C3CCC3)N3C=C(N4CCNC(C)C4)C=CC3=N2)cc1C=N. The van der Waals surface area contributed by atoms with Crippen LogP contribution in [0, 0.1) is 12.3 Å². The second kappa shape index (κ2) is 11.0. The first-order valence-electron chi connectivity index (χ1n) is 12.8. The van der Waals surface area contributed by atoms with E-state index in [1.54, 1.807) is 0 Å². The monoisotopic (exact) mass is 457 g/mol. The molecule has 1 aromatic rings. The topological polar surface area (TPSA) is 54.7 Å². The zero-order valence-electron chi connectivity index (χ0n) is 21.2. The Bertz CT molecular complexity index is 1060. The van der Waals surface area contributed by atoms with Gasteiger partial charge in [-0.15, -0.1) is 0 Å². The number of aryl methyl sites for hydroxylation is 1. The molecule has 1 atom stereocenters. The van der Waals surface area contributed by atoms with Crippen molar-refractivity contribution in [2.45, 2.75) is 65.8 Å². The number of hydrogen-bond donors (Lipinski definition) is 2. The van der Waals surface area contributed by atoms with Gasteiger partial charge in [0.25, 0.3) is 0 Å². The summed E-state index contributed by atoms with van der Waals surface area (Å²) in [5.74, 6) is 0.978. The van der Waals surface area contributed by atoms with Crippen LogP contribution in [0.2, 0.25) is 0 Å². The molecule has 2 fully saturated rings. The second-order valence-corrected chi connectivity index (χ2v) is 9.62. The minimum atomic E-state index is 0.505. The Morgan fingerprint density at radius 3 is 2.62 bits per heavy atom. The molecule has 5 heteroatoms. The predicted octanol–water partition coefficient (Wildman–Crippen LogP) is 6.00. The van der Waals surface area contributed by atoms with Crippen LogP contribution >= 0.6 is 0 Å². The minimum absolute atomic E-state index is 0.505. The molecule has 34 heavy (non-hydrogen) atoms. The number of piperazine rings is 1. The summed E-state index contributed by atoms with van der Waals surface area (Å²) in [5, 5.41) is 11.2. The number of allylic oxidation sites excluding steroid dienone is 3. The van der Waals surface area contributed by atoms with Gasteiger partial charge in [0.05, 0.1) is 11.4 Å². The molecule has 4 aliphatic rings. The van der Waals surface area contributed by atoms with Gasteiger partial charge in [0.2, 0.25) is 0 Å². The van der Waals surface area contributed by atoms with Crippen LogP contribution in [0.4, 0.5) is 0 Å². The third kappa shape index (κ3) is 5.25. The summed E-state index contributed by atoms with van der Waals surface area (Å²) in [7, 11) is 0. The van der Waals surface area contributed by atoms with E-state index in [0.717, 1.165) is 47.9 Å². The van der Waals surface area contributed by atoms with Crippen molar-refractivity contribution in [3.05, 3.63) is 76.3 Å². The quantitative estimate of drug-likeness (QED) is 0.546. The summed E-state index contributed by atoms with van der Waals surface area (Å²) < 4.78 is 0. The van der Waals surface area contributed by atoms with Crippen molar-refractivity contribution in [3.8, 4) is 0 Å². The van der Waals surface area contributed by atoms with E-state index >= 15 is 0 Å². The van der Waals surface area contributed by atoms with Crippen molar-refractivity contribution in [1.29, 1.82) is 5.41 Å². The van der Waals surface area contributed by atoms with Crippen molar-refractivity contribution in [1.82, 2.24) is 15.1 Å². The van der Waals surface area contributed by atoms with Gasteiger partial charge in [-0.25, -0.2) is 4.99 Å². The van der Waals surface area contributed by atoms with E-state index < -0.39 is 0 Å². The van der Waals surface area contributed by atoms with Crippen LogP contribution in [0.3, 0.4) is 0 Å². The molecular formula is C29H39N5. The summed E-state index contributed by atoms with van der Waals surface area (Å²) in [5.41, 5.74) is 8.18. The first kappa shape index (κ1) is 24.2. The molecule has 180 valence electrons. The number of fused-ring (bicyclic) bond motifs is 1. The van der Waals surface area contributed by atoms with Crippen LogP contribution in [-0.2, 0) is 0 Å². The van der Waals surface area contributed by atoms with Crippen molar-refractivity contribution < 1.29 is 0 Å². The van der Waals surface area contributed by atoms with E-state index in [1.165, 1.54) is 55.3 Å². The highest BCUT2D eigenvalue weighted by atomic mass is 15.3. The van der Waals surface area contributed by atoms with Gasteiger partial charge in [-0.05, 0) is 74.1 Å². The molecular weight excluding hydrogens is 418 g/mol. The smallest absolute Gasteiger partial charge is 0.137 e. The van der Waals surface area contributed by atoms with Gasteiger partial charge >= 0.3 is 0 Å².